The number of hydrogen-bond donors (Lipinski definition) is 3. The lowest BCUT2D eigenvalue weighted by Gasteiger charge is -2.27. The Kier molecular flexibility index (Phi) is 7.61. The van der Waals surface area contributed by atoms with Gasteiger partial charge in [-0.15, -0.1) is 0 Å². The monoisotopic (exact) mass is 641 g/mol. The molecular formula is C30H27F4N7O3S. The van der Waals surface area contributed by atoms with Crippen LogP contribution in [0.4, 0.5) is 34.8 Å². The van der Waals surface area contributed by atoms with Crippen LogP contribution in [-0.2, 0) is 20.9 Å². The second kappa shape index (κ2) is 11.3. The maximum atomic E-state index is 15.4. The zero-order chi connectivity index (χ0) is 32.1. The fourth-order valence-corrected chi connectivity index (χ4v) is 5.92. The van der Waals surface area contributed by atoms with E-state index in [4.69, 9.17) is 15.5 Å². The smallest absolute Gasteiger partial charge is 0.382 e. The number of anilines is 3. The van der Waals surface area contributed by atoms with Gasteiger partial charge in [0.05, 0.1) is 36.8 Å². The minimum Gasteiger partial charge on any atom is -0.382 e. The number of pyridine rings is 1. The third kappa shape index (κ3) is 5.88. The third-order valence-electron chi connectivity index (χ3n) is 7.24. The number of nitrogen functional groups attached to an aromatic ring is 1. The van der Waals surface area contributed by atoms with Crippen LogP contribution in [0.5, 0.6) is 0 Å². The highest BCUT2D eigenvalue weighted by atomic mass is 32.2. The fraction of sp³-hybridized carbons (Fsp3) is 0.233. The van der Waals surface area contributed by atoms with Crippen LogP contribution < -0.4 is 15.8 Å². The first-order valence-electron chi connectivity index (χ1n) is 13.8. The van der Waals surface area contributed by atoms with E-state index in [0.717, 1.165) is 29.1 Å². The summed E-state index contributed by atoms with van der Waals surface area (Å²) in [5.74, 6) is -0.195. The van der Waals surface area contributed by atoms with E-state index in [1.165, 1.54) is 12.1 Å². The van der Waals surface area contributed by atoms with E-state index in [1.54, 1.807) is 6.20 Å². The molecule has 0 spiro atoms. The van der Waals surface area contributed by atoms with E-state index >= 15 is 4.39 Å². The maximum Gasteiger partial charge on any atom is 0.433 e. The highest BCUT2D eigenvalue weighted by Crippen LogP contribution is 2.36. The van der Waals surface area contributed by atoms with Crippen molar-refractivity contribution in [1.82, 2.24) is 19.4 Å². The number of aromatic nitrogens is 4. The minimum atomic E-state index is -4.74. The Balaban J connectivity index is 1.35. The molecule has 4 heterocycles. The number of fused-ring (bicyclic) bond motifs is 1. The van der Waals surface area contributed by atoms with Crippen molar-refractivity contribution in [2.24, 2.45) is 0 Å². The van der Waals surface area contributed by atoms with Crippen molar-refractivity contribution < 1.29 is 30.7 Å². The summed E-state index contributed by atoms with van der Waals surface area (Å²) in [6.07, 6.45) is -2.53. The zero-order valence-electron chi connectivity index (χ0n) is 23.9. The van der Waals surface area contributed by atoms with Crippen LogP contribution in [0, 0.1) is 5.82 Å². The lowest BCUT2D eigenvalue weighted by molar-refractivity contribution is -0.141. The molecule has 10 nitrogen and oxygen atoms in total. The van der Waals surface area contributed by atoms with Crippen LogP contribution in [0.1, 0.15) is 31.3 Å². The molecule has 0 amide bonds. The van der Waals surface area contributed by atoms with Crippen molar-refractivity contribution in [2.45, 2.75) is 36.9 Å². The second-order valence-corrected chi connectivity index (χ2v) is 12.5. The fourth-order valence-electron chi connectivity index (χ4n) is 4.91. The van der Waals surface area contributed by atoms with E-state index in [1.807, 2.05) is 42.5 Å². The van der Waals surface area contributed by atoms with Gasteiger partial charge in [-0.1, -0.05) is 32.0 Å². The Morgan fingerprint density at radius 1 is 1.00 bits per heavy atom. The van der Waals surface area contributed by atoms with E-state index < -0.39 is 38.3 Å². The number of alkyl halides is 3. The lowest BCUT2D eigenvalue weighted by Crippen LogP contribution is -2.40. The quantitative estimate of drug-likeness (QED) is 0.177. The normalized spacial score (nSPS) is 14.1. The molecule has 1 saturated heterocycles. The first-order valence-corrected chi connectivity index (χ1v) is 15.3. The Labute approximate surface area is 255 Å². The Bertz CT molecular complexity index is 1990. The lowest BCUT2D eigenvalue weighted by atomic mass is 10.1. The Morgan fingerprint density at radius 3 is 2.29 bits per heavy atom. The predicted molar refractivity (Wildman–Crippen MR) is 161 cm³/mol. The number of ether oxygens (including phenoxy) is 1. The molecule has 3 aromatic heterocycles. The average molecular weight is 642 g/mol. The van der Waals surface area contributed by atoms with Crippen LogP contribution in [0.2, 0.25) is 0 Å². The molecule has 0 radical (unpaired) electrons. The second-order valence-electron chi connectivity index (χ2n) is 10.8. The van der Waals surface area contributed by atoms with Crippen LogP contribution in [0.15, 0.2) is 71.9 Å². The van der Waals surface area contributed by atoms with Gasteiger partial charge in [-0.2, -0.15) is 13.2 Å². The molecule has 1 aliphatic rings. The zero-order valence-corrected chi connectivity index (χ0v) is 24.7. The van der Waals surface area contributed by atoms with Gasteiger partial charge in [0.25, 0.3) is 10.0 Å². The van der Waals surface area contributed by atoms with Crippen LogP contribution in [0.25, 0.3) is 28.0 Å². The average Bonchev–Trinajstić information content (AvgIpc) is 3.38. The van der Waals surface area contributed by atoms with Gasteiger partial charge in [0.2, 0.25) is 0 Å². The summed E-state index contributed by atoms with van der Waals surface area (Å²) in [4.78, 5) is 11.8. The molecule has 15 heteroatoms. The molecule has 5 aromatic rings. The summed E-state index contributed by atoms with van der Waals surface area (Å²) < 4.78 is 88.6. The van der Waals surface area contributed by atoms with Gasteiger partial charge < -0.3 is 15.8 Å². The van der Waals surface area contributed by atoms with E-state index in [2.05, 4.69) is 20.0 Å². The van der Waals surface area contributed by atoms with Crippen LogP contribution in [0.3, 0.4) is 0 Å². The number of nitrogens with one attached hydrogen (secondary N) is 2. The number of nitrogens with zero attached hydrogens (tertiary/aromatic N) is 4. The first kappa shape index (κ1) is 30.3. The Morgan fingerprint density at radius 2 is 1.71 bits per heavy atom. The topological polar surface area (TPSA) is 137 Å². The summed E-state index contributed by atoms with van der Waals surface area (Å²) in [6, 6.07) is 13.1. The molecule has 6 rings (SSSR count). The van der Waals surface area contributed by atoms with Crippen molar-refractivity contribution in [1.29, 1.82) is 0 Å². The van der Waals surface area contributed by atoms with Gasteiger partial charge >= 0.3 is 6.18 Å². The molecule has 234 valence electrons. The van der Waals surface area contributed by atoms with Gasteiger partial charge in [0.15, 0.2) is 0 Å². The van der Waals surface area contributed by atoms with Gasteiger partial charge in [-0.05, 0) is 36.4 Å². The SMILES string of the molecule is CC(C)c1nc(-c2ccc(NS(=O)(=O)c3ccc(C(F)(F)F)nc3)c(F)c2)c2c(N)ncc(-c3ccc(NC4COC4)cc3)n12. The van der Waals surface area contributed by atoms with E-state index in [-0.39, 0.29) is 17.8 Å². The number of nitrogens with two attached hydrogens (primary N) is 1. The van der Waals surface area contributed by atoms with Crippen LogP contribution in [-0.4, -0.2) is 47.0 Å². The van der Waals surface area contributed by atoms with E-state index in [9.17, 15) is 21.6 Å². The molecule has 0 saturated carbocycles. The number of halogens is 4. The van der Waals surface area contributed by atoms with Gasteiger partial charge in [-0.3, -0.25) is 14.1 Å². The summed E-state index contributed by atoms with van der Waals surface area (Å²) >= 11 is 0. The molecule has 2 aromatic carbocycles. The van der Waals surface area contributed by atoms with Crippen molar-refractivity contribution in [3.63, 3.8) is 0 Å². The van der Waals surface area contributed by atoms with Crippen molar-refractivity contribution in [3.8, 4) is 22.5 Å². The first-order chi connectivity index (χ1) is 21.3. The number of hydrogen-bond acceptors (Lipinski definition) is 8. The molecule has 45 heavy (non-hydrogen) atoms. The Hall–Kier alpha value is -4.76. The highest BCUT2D eigenvalue weighted by Gasteiger charge is 2.33. The third-order valence-corrected chi connectivity index (χ3v) is 8.59. The number of rotatable bonds is 8. The van der Waals surface area contributed by atoms with Crippen molar-refractivity contribution in [2.75, 3.05) is 29.0 Å². The number of benzene rings is 2. The summed E-state index contributed by atoms with van der Waals surface area (Å²) in [5.41, 5.74) is 8.30. The molecule has 0 unspecified atom stereocenters. The highest BCUT2D eigenvalue weighted by molar-refractivity contribution is 7.92. The van der Waals surface area contributed by atoms with Gasteiger partial charge in [0, 0.05) is 28.9 Å². The largest absolute Gasteiger partial charge is 0.433 e. The van der Waals surface area contributed by atoms with Crippen LogP contribution >= 0.6 is 0 Å². The summed E-state index contributed by atoms with van der Waals surface area (Å²) in [7, 11) is -4.45. The van der Waals surface area contributed by atoms with E-state index in [0.29, 0.717) is 48.1 Å². The van der Waals surface area contributed by atoms with Gasteiger partial charge in [-0.25, -0.2) is 22.8 Å². The number of sulfonamides is 1. The minimum absolute atomic E-state index is 0.0698. The number of imidazole rings is 1. The molecule has 0 bridgehead atoms. The van der Waals surface area contributed by atoms with Crippen molar-refractivity contribution >= 4 is 32.7 Å². The standard InChI is InChI=1S/C30H27F4N7O3S/c1-16(2)29-39-26(27-28(35)37-13-24(41(27)29)17-3-6-19(7-4-17)38-20-14-44-15-20)18-5-9-23(22(31)11-18)40-45(42,43)21-8-10-25(36-12-21)30(32,33)34/h3-13,16,20,38,40H,14-15H2,1-2H3,(H2,35,37). The summed E-state index contributed by atoms with van der Waals surface area (Å²) in [6.45, 7) is 5.23. The predicted octanol–water partition coefficient (Wildman–Crippen LogP) is 5.93. The summed E-state index contributed by atoms with van der Waals surface area (Å²) in [5, 5.41) is 3.40. The molecule has 4 N–H and O–H groups in total. The molecule has 1 aliphatic heterocycles. The molecule has 1 fully saturated rings. The molecule has 0 aliphatic carbocycles. The van der Waals surface area contributed by atoms with Crippen molar-refractivity contribution in [3.05, 3.63) is 84.3 Å². The molecule has 0 atom stereocenters. The van der Waals surface area contributed by atoms with Gasteiger partial charge in [0.1, 0.15) is 39.3 Å². The maximum absolute atomic E-state index is 15.4. The molecular weight excluding hydrogens is 614 g/mol.